The van der Waals surface area contributed by atoms with Gasteiger partial charge in [0.1, 0.15) is 5.82 Å². The summed E-state index contributed by atoms with van der Waals surface area (Å²) in [6, 6.07) is 10.2. The van der Waals surface area contributed by atoms with Crippen molar-refractivity contribution in [1.29, 1.82) is 0 Å². The van der Waals surface area contributed by atoms with Gasteiger partial charge in [0.2, 0.25) is 5.95 Å². The number of hydrogen-bond acceptors (Lipinski definition) is 4. The smallest absolute Gasteiger partial charge is 0.227 e. The van der Waals surface area contributed by atoms with Crippen LogP contribution in [0.25, 0.3) is 11.3 Å². The van der Waals surface area contributed by atoms with Crippen molar-refractivity contribution in [2.24, 2.45) is 0 Å². The predicted octanol–water partition coefficient (Wildman–Crippen LogP) is 2.63. The monoisotopic (exact) mass is 254 g/mol. The summed E-state index contributed by atoms with van der Waals surface area (Å²) < 4.78 is 0. The van der Waals surface area contributed by atoms with Crippen molar-refractivity contribution in [2.75, 3.05) is 23.7 Å². The molecule has 19 heavy (non-hydrogen) atoms. The second-order valence-electron chi connectivity index (χ2n) is 4.94. The van der Waals surface area contributed by atoms with Crippen molar-refractivity contribution in [3.05, 3.63) is 35.9 Å². The van der Waals surface area contributed by atoms with Gasteiger partial charge in [-0.15, -0.1) is 0 Å². The molecule has 0 amide bonds. The highest BCUT2D eigenvalue weighted by atomic mass is 15.3. The van der Waals surface area contributed by atoms with E-state index in [1.54, 1.807) is 0 Å². The van der Waals surface area contributed by atoms with Crippen LogP contribution < -0.4 is 10.6 Å². The Morgan fingerprint density at radius 3 is 2.42 bits per heavy atom. The van der Waals surface area contributed by atoms with E-state index in [-0.39, 0.29) is 0 Å². The van der Waals surface area contributed by atoms with Crippen LogP contribution in [-0.4, -0.2) is 23.1 Å². The minimum atomic E-state index is 0.579. The molecule has 0 spiro atoms. The van der Waals surface area contributed by atoms with Crippen LogP contribution >= 0.6 is 0 Å². The molecule has 1 aromatic heterocycles. The third kappa shape index (κ3) is 2.26. The number of hydrogen-bond donors (Lipinski definition) is 1. The summed E-state index contributed by atoms with van der Waals surface area (Å²) >= 11 is 0. The zero-order valence-electron chi connectivity index (χ0n) is 11.1. The first-order valence-corrected chi connectivity index (χ1v) is 6.70. The first-order valence-electron chi connectivity index (χ1n) is 6.70. The molecule has 1 saturated heterocycles. The summed E-state index contributed by atoms with van der Waals surface area (Å²) in [4.78, 5) is 11.4. The average Bonchev–Trinajstić information content (AvgIpc) is 2.97. The maximum atomic E-state index is 6.05. The summed E-state index contributed by atoms with van der Waals surface area (Å²) in [5.74, 6) is 1.34. The molecule has 0 saturated carbocycles. The molecule has 0 atom stereocenters. The van der Waals surface area contributed by atoms with Gasteiger partial charge in [-0.2, -0.15) is 4.98 Å². The van der Waals surface area contributed by atoms with E-state index in [9.17, 15) is 0 Å². The van der Waals surface area contributed by atoms with Crippen LogP contribution in [0.1, 0.15) is 18.4 Å². The second kappa shape index (κ2) is 4.88. The Morgan fingerprint density at radius 2 is 1.74 bits per heavy atom. The largest absolute Gasteiger partial charge is 0.383 e. The van der Waals surface area contributed by atoms with E-state index in [1.807, 2.05) is 25.1 Å². The minimum absolute atomic E-state index is 0.579. The Morgan fingerprint density at radius 1 is 1.05 bits per heavy atom. The van der Waals surface area contributed by atoms with E-state index in [4.69, 9.17) is 10.7 Å². The van der Waals surface area contributed by atoms with Gasteiger partial charge in [0.05, 0.1) is 5.69 Å². The van der Waals surface area contributed by atoms with Gasteiger partial charge in [-0.05, 0) is 19.8 Å². The van der Waals surface area contributed by atoms with Crippen molar-refractivity contribution in [2.45, 2.75) is 19.8 Å². The molecule has 98 valence electrons. The van der Waals surface area contributed by atoms with Gasteiger partial charge in [-0.1, -0.05) is 30.3 Å². The van der Waals surface area contributed by atoms with E-state index in [2.05, 4.69) is 22.0 Å². The summed E-state index contributed by atoms with van der Waals surface area (Å²) in [5.41, 5.74) is 9.03. The van der Waals surface area contributed by atoms with Crippen LogP contribution in [0.15, 0.2) is 30.3 Å². The highest BCUT2D eigenvalue weighted by molar-refractivity contribution is 5.69. The van der Waals surface area contributed by atoms with Gasteiger partial charge >= 0.3 is 0 Å². The molecule has 4 heteroatoms. The molecule has 2 heterocycles. The lowest BCUT2D eigenvalue weighted by molar-refractivity contribution is 0.899. The molecule has 2 N–H and O–H groups in total. The molecule has 1 aromatic carbocycles. The van der Waals surface area contributed by atoms with E-state index in [0.29, 0.717) is 5.82 Å². The van der Waals surface area contributed by atoms with Crippen LogP contribution in [0.5, 0.6) is 0 Å². The molecule has 1 aliphatic rings. The Kier molecular flexibility index (Phi) is 3.07. The highest BCUT2D eigenvalue weighted by Crippen LogP contribution is 2.27. The van der Waals surface area contributed by atoms with Crippen LogP contribution in [0.4, 0.5) is 11.8 Å². The van der Waals surface area contributed by atoms with Gasteiger partial charge in [-0.25, -0.2) is 4.98 Å². The number of benzene rings is 1. The van der Waals surface area contributed by atoms with E-state index < -0.39 is 0 Å². The third-order valence-corrected chi connectivity index (χ3v) is 3.61. The van der Waals surface area contributed by atoms with Crippen molar-refractivity contribution in [3.8, 4) is 11.3 Å². The molecule has 3 rings (SSSR count). The fourth-order valence-electron chi connectivity index (χ4n) is 2.46. The summed E-state index contributed by atoms with van der Waals surface area (Å²) in [5, 5.41) is 0. The normalized spacial score (nSPS) is 14.9. The molecule has 2 aromatic rings. The molecular formula is C15H18N4. The molecule has 1 fully saturated rings. The lowest BCUT2D eigenvalue weighted by atomic mass is 10.1. The molecule has 1 aliphatic heterocycles. The quantitative estimate of drug-likeness (QED) is 0.895. The lowest BCUT2D eigenvalue weighted by Crippen LogP contribution is -2.21. The highest BCUT2D eigenvalue weighted by Gasteiger charge is 2.18. The van der Waals surface area contributed by atoms with Crippen molar-refractivity contribution in [3.63, 3.8) is 0 Å². The fourth-order valence-corrected chi connectivity index (χ4v) is 2.46. The SMILES string of the molecule is Cc1c(N)nc(N2CCCC2)nc1-c1ccccc1. The Labute approximate surface area is 113 Å². The van der Waals surface area contributed by atoms with E-state index >= 15 is 0 Å². The van der Waals surface area contributed by atoms with Gasteiger partial charge in [0.25, 0.3) is 0 Å². The van der Waals surface area contributed by atoms with Gasteiger partial charge in [0, 0.05) is 24.2 Å². The Hall–Kier alpha value is -2.10. The third-order valence-electron chi connectivity index (χ3n) is 3.61. The van der Waals surface area contributed by atoms with Crippen LogP contribution in [0, 0.1) is 6.92 Å². The molecule has 0 aliphatic carbocycles. The zero-order chi connectivity index (χ0) is 13.2. The van der Waals surface area contributed by atoms with Crippen molar-refractivity contribution in [1.82, 2.24) is 9.97 Å². The van der Waals surface area contributed by atoms with E-state index in [1.165, 1.54) is 12.8 Å². The first kappa shape index (κ1) is 12.0. The summed E-state index contributed by atoms with van der Waals surface area (Å²) in [6.45, 7) is 4.03. The first-order chi connectivity index (χ1) is 9.25. The van der Waals surface area contributed by atoms with Crippen molar-refractivity contribution >= 4 is 11.8 Å². The second-order valence-corrected chi connectivity index (χ2v) is 4.94. The number of aromatic nitrogens is 2. The minimum Gasteiger partial charge on any atom is -0.383 e. The number of anilines is 2. The number of nitrogens with zero attached hydrogens (tertiary/aromatic N) is 3. The van der Waals surface area contributed by atoms with Gasteiger partial charge < -0.3 is 10.6 Å². The van der Waals surface area contributed by atoms with Gasteiger partial charge in [-0.3, -0.25) is 0 Å². The number of nitrogens with two attached hydrogens (primary N) is 1. The van der Waals surface area contributed by atoms with E-state index in [0.717, 1.165) is 35.9 Å². The van der Waals surface area contributed by atoms with Crippen molar-refractivity contribution < 1.29 is 0 Å². The molecule has 0 bridgehead atoms. The van der Waals surface area contributed by atoms with Crippen LogP contribution in [-0.2, 0) is 0 Å². The standard InChI is InChI=1S/C15H18N4/c1-11-13(12-7-3-2-4-8-12)17-15(18-14(11)16)19-9-5-6-10-19/h2-4,7-8H,5-6,9-10H2,1H3,(H2,16,17,18). The van der Waals surface area contributed by atoms with Crippen LogP contribution in [0.2, 0.25) is 0 Å². The Balaban J connectivity index is 2.08. The maximum Gasteiger partial charge on any atom is 0.227 e. The zero-order valence-corrected chi connectivity index (χ0v) is 11.1. The summed E-state index contributed by atoms with van der Waals surface area (Å²) in [7, 11) is 0. The molecular weight excluding hydrogens is 236 g/mol. The topological polar surface area (TPSA) is 55.0 Å². The van der Waals surface area contributed by atoms with Crippen LogP contribution in [0.3, 0.4) is 0 Å². The maximum absolute atomic E-state index is 6.05. The summed E-state index contributed by atoms with van der Waals surface area (Å²) in [6.07, 6.45) is 2.41. The van der Waals surface area contributed by atoms with Gasteiger partial charge in [0.15, 0.2) is 0 Å². The predicted molar refractivity (Wildman–Crippen MR) is 78.1 cm³/mol. The molecule has 4 nitrogen and oxygen atoms in total. The number of rotatable bonds is 2. The number of nitrogen functional groups attached to an aromatic ring is 1. The Bertz CT molecular complexity index is 574. The average molecular weight is 254 g/mol. The lowest BCUT2D eigenvalue weighted by Gasteiger charge is -2.18. The molecule has 0 unspecified atom stereocenters. The fraction of sp³-hybridized carbons (Fsp3) is 0.333. The molecule has 0 radical (unpaired) electrons.